The molecule has 2 unspecified atom stereocenters. The average molecular weight is 365 g/mol. The first-order valence-corrected chi connectivity index (χ1v) is 9.22. The number of amides is 2. The first kappa shape index (κ1) is 17.5. The normalized spacial score (nSPS) is 21.6. The number of nitrogens with one attached hydrogen (secondary N) is 1. The molecule has 2 amide bonds. The quantitative estimate of drug-likeness (QED) is 0.893. The van der Waals surface area contributed by atoms with E-state index in [1.807, 2.05) is 55.4 Å². The van der Waals surface area contributed by atoms with Crippen LogP contribution in [0.2, 0.25) is 0 Å². The lowest BCUT2D eigenvalue weighted by atomic mass is 9.96. The molecule has 2 bridgehead atoms. The van der Waals surface area contributed by atoms with Gasteiger partial charge in [0.1, 0.15) is 0 Å². The molecule has 0 spiro atoms. The largest absolute Gasteiger partial charge is 0.361 e. The molecular formula is C20H23N5O2. The molecular weight excluding hydrogens is 342 g/mol. The smallest absolute Gasteiger partial charge is 0.253 e. The summed E-state index contributed by atoms with van der Waals surface area (Å²) in [5, 5.41) is 11.5. The Morgan fingerprint density at radius 2 is 2.00 bits per heavy atom. The molecule has 7 heteroatoms. The Balaban J connectivity index is 1.57. The van der Waals surface area contributed by atoms with Crippen LogP contribution in [0.3, 0.4) is 0 Å². The summed E-state index contributed by atoms with van der Waals surface area (Å²) in [6, 6.07) is 11.3. The van der Waals surface area contributed by atoms with E-state index in [1.54, 1.807) is 4.90 Å². The number of benzene rings is 1. The van der Waals surface area contributed by atoms with Gasteiger partial charge < -0.3 is 15.1 Å². The minimum atomic E-state index is -0.0969. The van der Waals surface area contributed by atoms with Crippen molar-refractivity contribution in [3.05, 3.63) is 42.0 Å². The van der Waals surface area contributed by atoms with Crippen molar-refractivity contribution in [1.82, 2.24) is 20.4 Å². The van der Waals surface area contributed by atoms with Crippen molar-refractivity contribution in [1.29, 1.82) is 0 Å². The summed E-state index contributed by atoms with van der Waals surface area (Å²) in [5.74, 6) is 0.721. The number of rotatable bonds is 3. The van der Waals surface area contributed by atoms with Crippen LogP contribution in [0.25, 0.3) is 11.3 Å². The number of fused-ring (bicyclic) bond motifs is 4. The Hall–Kier alpha value is -2.96. The third kappa shape index (κ3) is 3.49. The number of nitrogens with zero attached hydrogens (tertiary/aromatic N) is 4. The maximum absolute atomic E-state index is 13.0. The maximum atomic E-state index is 13.0. The Morgan fingerprint density at radius 1 is 1.15 bits per heavy atom. The molecule has 140 valence electrons. The molecule has 3 saturated heterocycles. The van der Waals surface area contributed by atoms with E-state index in [1.165, 1.54) is 0 Å². The lowest BCUT2D eigenvalue weighted by molar-refractivity contribution is -0.126. The molecule has 5 rings (SSSR count). The van der Waals surface area contributed by atoms with Crippen LogP contribution < -0.4 is 10.2 Å². The molecule has 2 atom stereocenters. The van der Waals surface area contributed by atoms with E-state index >= 15 is 0 Å². The van der Waals surface area contributed by atoms with Crippen molar-refractivity contribution in [3.8, 4) is 11.3 Å². The van der Waals surface area contributed by atoms with Crippen LogP contribution in [0.4, 0.5) is 5.82 Å². The number of piperidine rings is 1. The second kappa shape index (κ2) is 6.98. The van der Waals surface area contributed by atoms with Crippen molar-refractivity contribution >= 4 is 17.6 Å². The van der Waals surface area contributed by atoms with E-state index < -0.39 is 0 Å². The van der Waals surface area contributed by atoms with Gasteiger partial charge >= 0.3 is 0 Å². The lowest BCUT2D eigenvalue weighted by Crippen LogP contribution is -2.43. The SMILES string of the molecule is CN(C)c1ccc(-c2cccc(C(=O)N3CC4CCC(C3)C(=O)N4)c2)nn1. The van der Waals surface area contributed by atoms with Crippen LogP contribution in [-0.2, 0) is 4.79 Å². The van der Waals surface area contributed by atoms with Gasteiger partial charge in [-0.3, -0.25) is 9.59 Å². The summed E-state index contributed by atoms with van der Waals surface area (Å²) in [7, 11) is 3.83. The highest BCUT2D eigenvalue weighted by molar-refractivity contribution is 5.96. The second-order valence-electron chi connectivity index (χ2n) is 7.44. The molecule has 7 nitrogen and oxygen atoms in total. The van der Waals surface area contributed by atoms with Crippen molar-refractivity contribution in [2.45, 2.75) is 18.9 Å². The van der Waals surface area contributed by atoms with Crippen LogP contribution in [0.5, 0.6) is 0 Å². The van der Waals surface area contributed by atoms with Crippen molar-refractivity contribution < 1.29 is 9.59 Å². The third-order valence-corrected chi connectivity index (χ3v) is 5.26. The van der Waals surface area contributed by atoms with Gasteiger partial charge in [-0.25, -0.2) is 0 Å². The minimum absolute atomic E-state index is 0.0388. The van der Waals surface area contributed by atoms with Gasteiger partial charge in [0.05, 0.1) is 11.6 Å². The molecule has 3 fully saturated rings. The standard InChI is InChI=1S/C20H23N5O2/c1-24(2)18-9-8-17(22-23-18)13-4-3-5-14(10-13)20(27)25-11-15-6-7-16(12-25)21-19(15)26/h3-5,8-10,15-16H,6-7,11-12H2,1-2H3,(H,21,26). The van der Waals surface area contributed by atoms with Gasteiger partial charge in [-0.1, -0.05) is 12.1 Å². The molecule has 3 aliphatic heterocycles. The predicted octanol–water partition coefficient (Wildman–Crippen LogP) is 1.56. The fraction of sp³-hybridized carbons (Fsp3) is 0.400. The molecule has 1 aromatic carbocycles. The fourth-order valence-electron chi connectivity index (χ4n) is 3.72. The number of anilines is 1. The zero-order valence-corrected chi connectivity index (χ0v) is 15.6. The first-order valence-electron chi connectivity index (χ1n) is 9.22. The van der Waals surface area contributed by atoms with Gasteiger partial charge in [0.2, 0.25) is 5.91 Å². The third-order valence-electron chi connectivity index (χ3n) is 5.26. The highest BCUT2D eigenvalue weighted by atomic mass is 16.2. The van der Waals surface area contributed by atoms with Crippen LogP contribution in [0.15, 0.2) is 36.4 Å². The summed E-state index contributed by atoms with van der Waals surface area (Å²) in [5.41, 5.74) is 2.19. The molecule has 0 radical (unpaired) electrons. The second-order valence-corrected chi connectivity index (χ2v) is 7.44. The minimum Gasteiger partial charge on any atom is -0.361 e. The van der Waals surface area contributed by atoms with Gasteiger partial charge in [0.15, 0.2) is 5.82 Å². The summed E-state index contributed by atoms with van der Waals surface area (Å²) in [4.78, 5) is 28.8. The van der Waals surface area contributed by atoms with E-state index in [2.05, 4.69) is 15.5 Å². The molecule has 4 heterocycles. The molecule has 0 aliphatic carbocycles. The number of hydrogen-bond acceptors (Lipinski definition) is 5. The molecule has 0 saturated carbocycles. The predicted molar refractivity (Wildman–Crippen MR) is 102 cm³/mol. The summed E-state index contributed by atoms with van der Waals surface area (Å²) < 4.78 is 0. The van der Waals surface area contributed by atoms with E-state index in [0.29, 0.717) is 18.7 Å². The number of aromatic nitrogens is 2. The first-order chi connectivity index (χ1) is 13.0. The van der Waals surface area contributed by atoms with Gasteiger partial charge in [-0.2, -0.15) is 0 Å². The Kier molecular flexibility index (Phi) is 4.51. The highest BCUT2D eigenvalue weighted by Crippen LogP contribution is 2.25. The zero-order chi connectivity index (χ0) is 19.0. The van der Waals surface area contributed by atoms with Crippen molar-refractivity contribution in [2.75, 3.05) is 32.1 Å². The number of hydrogen-bond donors (Lipinski definition) is 1. The highest BCUT2D eigenvalue weighted by Gasteiger charge is 2.36. The van der Waals surface area contributed by atoms with Gasteiger partial charge in [-0.05, 0) is 37.1 Å². The Labute approximate surface area is 158 Å². The van der Waals surface area contributed by atoms with Crippen LogP contribution in [0.1, 0.15) is 23.2 Å². The molecule has 1 N–H and O–H groups in total. The zero-order valence-electron chi connectivity index (χ0n) is 15.6. The monoisotopic (exact) mass is 365 g/mol. The van der Waals surface area contributed by atoms with Crippen molar-refractivity contribution in [2.24, 2.45) is 5.92 Å². The fourth-order valence-corrected chi connectivity index (χ4v) is 3.72. The summed E-state index contributed by atoms with van der Waals surface area (Å²) in [6.45, 7) is 1.06. The number of carbonyl (C=O) groups excluding carboxylic acids is 2. The van der Waals surface area contributed by atoms with Crippen molar-refractivity contribution in [3.63, 3.8) is 0 Å². The van der Waals surface area contributed by atoms with Crippen LogP contribution in [0, 0.1) is 5.92 Å². The molecule has 27 heavy (non-hydrogen) atoms. The Bertz CT molecular complexity index is 865. The van der Waals surface area contributed by atoms with Crippen LogP contribution >= 0.6 is 0 Å². The van der Waals surface area contributed by atoms with Gasteiger partial charge in [0.25, 0.3) is 5.91 Å². The maximum Gasteiger partial charge on any atom is 0.253 e. The van der Waals surface area contributed by atoms with E-state index in [9.17, 15) is 9.59 Å². The summed E-state index contributed by atoms with van der Waals surface area (Å²) >= 11 is 0. The summed E-state index contributed by atoms with van der Waals surface area (Å²) in [6.07, 6.45) is 1.79. The Morgan fingerprint density at radius 3 is 2.70 bits per heavy atom. The van der Waals surface area contributed by atoms with Crippen LogP contribution in [-0.4, -0.2) is 60.1 Å². The molecule has 3 aliphatic rings. The lowest BCUT2D eigenvalue weighted by Gasteiger charge is -2.23. The van der Waals surface area contributed by atoms with Gasteiger partial charge in [0, 0.05) is 44.4 Å². The topological polar surface area (TPSA) is 78.4 Å². The van der Waals surface area contributed by atoms with E-state index in [-0.39, 0.29) is 23.8 Å². The molecule has 2 aromatic rings. The molecule has 1 aromatic heterocycles. The van der Waals surface area contributed by atoms with Gasteiger partial charge in [-0.15, -0.1) is 10.2 Å². The van der Waals surface area contributed by atoms with E-state index in [4.69, 9.17) is 0 Å². The van der Waals surface area contributed by atoms with E-state index in [0.717, 1.165) is 29.9 Å². The number of carbonyl (C=O) groups is 2. The average Bonchev–Trinajstić information content (AvgIpc) is 2.99.